The number of nitrogens with zero attached hydrogens (tertiary/aromatic N) is 3. The van der Waals surface area contributed by atoms with Gasteiger partial charge in [-0.2, -0.15) is 0 Å². The fraction of sp³-hybridized carbons (Fsp3) is 0.412. The molecule has 2 amide bonds. The molecule has 0 spiro atoms. The SMILES string of the molecule is C[C@H](Sc1nnc(CCC(N)=O)n1C1CC1)C(=O)Nc1ccc(F)cc1F. The molecular weight excluding hydrogens is 376 g/mol. The van der Waals surface area contributed by atoms with Crippen LogP contribution < -0.4 is 11.1 Å². The number of halogens is 2. The zero-order valence-electron chi connectivity index (χ0n) is 14.6. The minimum atomic E-state index is -0.838. The Morgan fingerprint density at radius 1 is 1.37 bits per heavy atom. The van der Waals surface area contributed by atoms with E-state index in [1.54, 1.807) is 6.92 Å². The summed E-state index contributed by atoms with van der Waals surface area (Å²) in [6, 6.07) is 3.22. The Balaban J connectivity index is 1.68. The van der Waals surface area contributed by atoms with Gasteiger partial charge < -0.3 is 15.6 Å². The number of primary amides is 1. The molecule has 1 saturated carbocycles. The molecule has 10 heteroatoms. The zero-order valence-corrected chi connectivity index (χ0v) is 15.4. The first kappa shape index (κ1) is 19.3. The van der Waals surface area contributed by atoms with Gasteiger partial charge in [0.2, 0.25) is 11.8 Å². The first-order chi connectivity index (χ1) is 12.8. The summed E-state index contributed by atoms with van der Waals surface area (Å²) >= 11 is 1.19. The van der Waals surface area contributed by atoms with Crippen LogP contribution in [0.4, 0.5) is 14.5 Å². The third kappa shape index (κ3) is 4.82. The van der Waals surface area contributed by atoms with E-state index in [1.165, 1.54) is 17.8 Å². The number of benzene rings is 1. The number of anilines is 1. The number of hydrogen-bond donors (Lipinski definition) is 2. The van der Waals surface area contributed by atoms with Crippen molar-refractivity contribution in [3.05, 3.63) is 35.7 Å². The predicted molar refractivity (Wildman–Crippen MR) is 96.1 cm³/mol. The molecule has 0 bridgehead atoms. The van der Waals surface area contributed by atoms with Crippen LogP contribution in [0.15, 0.2) is 23.4 Å². The highest BCUT2D eigenvalue weighted by atomic mass is 32.2. The van der Waals surface area contributed by atoms with Crippen molar-refractivity contribution in [2.75, 3.05) is 5.32 Å². The van der Waals surface area contributed by atoms with E-state index in [0.717, 1.165) is 18.9 Å². The van der Waals surface area contributed by atoms with Crippen molar-refractivity contribution in [2.45, 2.75) is 49.1 Å². The highest BCUT2D eigenvalue weighted by Gasteiger charge is 2.31. The molecule has 144 valence electrons. The number of thioether (sulfide) groups is 1. The third-order valence-electron chi connectivity index (χ3n) is 4.08. The molecule has 0 radical (unpaired) electrons. The minimum Gasteiger partial charge on any atom is -0.370 e. The van der Waals surface area contributed by atoms with Crippen LogP contribution in [0, 0.1) is 11.6 Å². The molecule has 3 rings (SSSR count). The first-order valence-electron chi connectivity index (χ1n) is 8.50. The monoisotopic (exact) mass is 395 g/mol. The highest BCUT2D eigenvalue weighted by Crippen LogP contribution is 2.39. The van der Waals surface area contributed by atoms with Crippen LogP contribution in [0.25, 0.3) is 0 Å². The van der Waals surface area contributed by atoms with E-state index in [2.05, 4.69) is 15.5 Å². The van der Waals surface area contributed by atoms with Crippen LogP contribution in [0.1, 0.15) is 38.1 Å². The number of nitrogens with two attached hydrogens (primary N) is 1. The molecule has 1 aliphatic rings. The maximum atomic E-state index is 13.7. The van der Waals surface area contributed by atoms with Crippen LogP contribution in [-0.4, -0.2) is 31.8 Å². The molecule has 1 atom stereocenters. The number of aryl methyl sites for hydroxylation is 1. The van der Waals surface area contributed by atoms with Crippen molar-refractivity contribution in [3.8, 4) is 0 Å². The molecule has 7 nitrogen and oxygen atoms in total. The molecule has 1 aromatic carbocycles. The Kier molecular flexibility index (Phi) is 5.73. The molecule has 27 heavy (non-hydrogen) atoms. The zero-order chi connectivity index (χ0) is 19.6. The second-order valence-electron chi connectivity index (χ2n) is 6.34. The molecule has 0 unspecified atom stereocenters. The second kappa shape index (κ2) is 8.03. The van der Waals surface area contributed by atoms with Crippen LogP contribution in [-0.2, 0) is 16.0 Å². The summed E-state index contributed by atoms with van der Waals surface area (Å²) in [5.74, 6) is -1.74. The van der Waals surface area contributed by atoms with Crippen molar-refractivity contribution in [1.82, 2.24) is 14.8 Å². The third-order valence-corrected chi connectivity index (χ3v) is 5.14. The van der Waals surface area contributed by atoms with E-state index in [4.69, 9.17) is 5.73 Å². The molecular formula is C17H19F2N5O2S. The van der Waals surface area contributed by atoms with Gasteiger partial charge in [-0.05, 0) is 31.9 Å². The van der Waals surface area contributed by atoms with E-state index in [9.17, 15) is 18.4 Å². The minimum absolute atomic E-state index is 0.0837. The first-order valence-corrected chi connectivity index (χ1v) is 9.37. The lowest BCUT2D eigenvalue weighted by Gasteiger charge is -2.13. The predicted octanol–water partition coefficient (Wildman–Crippen LogP) is 2.43. The van der Waals surface area contributed by atoms with Gasteiger partial charge in [0.25, 0.3) is 0 Å². The van der Waals surface area contributed by atoms with Crippen molar-refractivity contribution in [1.29, 1.82) is 0 Å². The smallest absolute Gasteiger partial charge is 0.237 e. The Hall–Kier alpha value is -2.49. The van der Waals surface area contributed by atoms with Crippen LogP contribution in [0.5, 0.6) is 0 Å². The van der Waals surface area contributed by atoms with Crippen molar-refractivity contribution >= 4 is 29.3 Å². The quantitative estimate of drug-likeness (QED) is 0.668. The van der Waals surface area contributed by atoms with Gasteiger partial charge >= 0.3 is 0 Å². The molecule has 3 N–H and O–H groups in total. The normalized spacial score (nSPS) is 14.8. The number of carbonyl (C=O) groups is 2. The lowest BCUT2D eigenvalue weighted by atomic mass is 10.3. The summed E-state index contributed by atoms with van der Waals surface area (Å²) in [7, 11) is 0. The number of carbonyl (C=O) groups excluding carboxylic acids is 2. The van der Waals surface area contributed by atoms with E-state index in [-0.39, 0.29) is 18.2 Å². The Morgan fingerprint density at radius 2 is 2.11 bits per heavy atom. The number of aromatic nitrogens is 3. The summed E-state index contributed by atoms with van der Waals surface area (Å²) in [5.41, 5.74) is 5.11. The number of rotatable bonds is 8. The number of amides is 2. The Morgan fingerprint density at radius 3 is 2.74 bits per heavy atom. The molecule has 0 saturated heterocycles. The molecule has 1 fully saturated rings. The van der Waals surface area contributed by atoms with Crippen LogP contribution >= 0.6 is 11.8 Å². The van der Waals surface area contributed by atoms with Gasteiger partial charge in [0, 0.05) is 24.9 Å². The number of hydrogen-bond acceptors (Lipinski definition) is 5. The van der Waals surface area contributed by atoms with Gasteiger partial charge in [-0.15, -0.1) is 10.2 Å². The molecule has 1 aliphatic carbocycles. The lowest BCUT2D eigenvalue weighted by Crippen LogP contribution is -2.23. The average Bonchev–Trinajstić information content (AvgIpc) is 3.36. The Bertz CT molecular complexity index is 869. The maximum absolute atomic E-state index is 13.7. The van der Waals surface area contributed by atoms with Gasteiger partial charge in [0.05, 0.1) is 10.9 Å². The van der Waals surface area contributed by atoms with Crippen LogP contribution in [0.2, 0.25) is 0 Å². The average molecular weight is 395 g/mol. The standard InChI is InChI=1S/C17H19F2N5O2S/c1-9(16(26)21-13-5-2-10(18)8-12(13)19)27-17-23-22-15(7-6-14(20)25)24(17)11-3-4-11/h2,5,8-9,11H,3-4,6-7H2,1H3,(H2,20,25)(H,21,26)/t9-/m0/s1. The summed E-state index contributed by atoms with van der Waals surface area (Å²) in [6.45, 7) is 1.66. The molecule has 0 aliphatic heterocycles. The number of nitrogens with one attached hydrogen (secondary N) is 1. The fourth-order valence-electron chi connectivity index (χ4n) is 2.53. The van der Waals surface area contributed by atoms with Gasteiger partial charge in [0.15, 0.2) is 5.16 Å². The lowest BCUT2D eigenvalue weighted by molar-refractivity contribution is -0.118. The summed E-state index contributed by atoms with van der Waals surface area (Å²) in [4.78, 5) is 23.4. The van der Waals surface area contributed by atoms with Crippen LogP contribution in [0.3, 0.4) is 0 Å². The molecule has 2 aromatic rings. The van der Waals surface area contributed by atoms with E-state index < -0.39 is 28.7 Å². The van der Waals surface area contributed by atoms with Gasteiger partial charge in [-0.25, -0.2) is 8.78 Å². The highest BCUT2D eigenvalue weighted by molar-refractivity contribution is 8.00. The largest absolute Gasteiger partial charge is 0.370 e. The van der Waals surface area contributed by atoms with E-state index in [1.807, 2.05) is 4.57 Å². The van der Waals surface area contributed by atoms with Gasteiger partial charge in [-0.3, -0.25) is 9.59 Å². The summed E-state index contributed by atoms with van der Waals surface area (Å²) in [6.07, 6.45) is 2.53. The second-order valence-corrected chi connectivity index (χ2v) is 7.65. The van der Waals surface area contributed by atoms with E-state index >= 15 is 0 Å². The van der Waals surface area contributed by atoms with Gasteiger partial charge in [-0.1, -0.05) is 11.8 Å². The van der Waals surface area contributed by atoms with Gasteiger partial charge in [0.1, 0.15) is 17.5 Å². The van der Waals surface area contributed by atoms with Crippen molar-refractivity contribution in [3.63, 3.8) is 0 Å². The molecule has 1 heterocycles. The summed E-state index contributed by atoms with van der Waals surface area (Å²) in [5, 5.41) is 10.7. The topological polar surface area (TPSA) is 103 Å². The fourth-order valence-corrected chi connectivity index (χ4v) is 3.47. The maximum Gasteiger partial charge on any atom is 0.237 e. The molecule has 1 aromatic heterocycles. The van der Waals surface area contributed by atoms with E-state index in [0.29, 0.717) is 23.5 Å². The Labute approximate surface area is 158 Å². The van der Waals surface area contributed by atoms with Crippen molar-refractivity contribution in [2.24, 2.45) is 5.73 Å². The summed E-state index contributed by atoms with van der Waals surface area (Å²) < 4.78 is 28.6. The van der Waals surface area contributed by atoms with Crippen molar-refractivity contribution < 1.29 is 18.4 Å².